The van der Waals surface area contributed by atoms with E-state index in [4.69, 9.17) is 28.1 Å². The first-order valence-corrected chi connectivity index (χ1v) is 7.10. The van der Waals surface area contributed by atoms with E-state index in [1.54, 1.807) is 0 Å². The van der Waals surface area contributed by atoms with Crippen molar-refractivity contribution in [3.05, 3.63) is 0 Å². The highest BCUT2D eigenvalue weighted by atomic mass is 15.7. The van der Waals surface area contributed by atoms with Gasteiger partial charge in [0.05, 0.1) is 11.7 Å². The van der Waals surface area contributed by atoms with Crippen LogP contribution in [0.25, 0.3) is 0 Å². The third kappa shape index (κ3) is 9.68. The Kier molecular flexibility index (Phi) is 10.9. The normalized spacial score (nSPS) is 13.9. The van der Waals surface area contributed by atoms with Crippen molar-refractivity contribution in [3.8, 4) is 0 Å². The molecule has 8 nitrogen and oxygen atoms in total. The lowest BCUT2D eigenvalue weighted by atomic mass is 9.89. The lowest BCUT2D eigenvalue weighted by molar-refractivity contribution is 0.427. The first-order chi connectivity index (χ1) is 9.49. The average molecular weight is 286 g/mol. The van der Waals surface area contributed by atoms with Crippen molar-refractivity contribution < 1.29 is 0 Å². The van der Waals surface area contributed by atoms with Gasteiger partial charge in [-0.2, -0.15) is 11.1 Å². The average Bonchev–Trinajstić information content (AvgIpc) is 2.39. The molecule has 0 amide bonds. The van der Waals surface area contributed by atoms with Gasteiger partial charge < -0.3 is 11.5 Å². The second-order valence-electron chi connectivity index (χ2n) is 5.14. The Morgan fingerprint density at radius 1 is 1.05 bits per heavy atom. The monoisotopic (exact) mass is 286 g/mol. The summed E-state index contributed by atoms with van der Waals surface area (Å²) in [5, 5.41) is 15.0. The number of rotatable bonds is 13. The summed E-state index contributed by atoms with van der Waals surface area (Å²) in [4.78, 5) is 0. The minimum Gasteiger partial charge on any atom is -0.387 e. The molecule has 11 N–H and O–H groups in total. The molecular weight excluding hydrogens is 256 g/mol. The topological polar surface area (TPSA) is 162 Å². The van der Waals surface area contributed by atoms with Crippen LogP contribution in [0.4, 0.5) is 0 Å². The largest absolute Gasteiger partial charge is 0.387 e. The van der Waals surface area contributed by atoms with Gasteiger partial charge in [0.2, 0.25) is 0 Å². The second-order valence-corrected chi connectivity index (χ2v) is 5.14. The number of nitrogens with one attached hydrogen (secondary N) is 5. The van der Waals surface area contributed by atoms with Crippen LogP contribution in [0, 0.1) is 22.7 Å². The Balaban J connectivity index is 3.71. The van der Waals surface area contributed by atoms with Crippen LogP contribution in [0.2, 0.25) is 0 Å². The summed E-state index contributed by atoms with van der Waals surface area (Å²) in [6, 6.07) is 0. The summed E-state index contributed by atoms with van der Waals surface area (Å²) in [5.41, 5.74) is 18.9. The number of amidine groups is 2. The first kappa shape index (κ1) is 18.8. The van der Waals surface area contributed by atoms with Gasteiger partial charge >= 0.3 is 0 Å². The molecule has 0 aliphatic heterocycles. The molecule has 0 aromatic rings. The van der Waals surface area contributed by atoms with Gasteiger partial charge in [-0.3, -0.25) is 16.7 Å². The van der Waals surface area contributed by atoms with Gasteiger partial charge in [0.25, 0.3) is 0 Å². The quantitative estimate of drug-likeness (QED) is 0.0776. The summed E-state index contributed by atoms with van der Waals surface area (Å²) < 4.78 is 0. The van der Waals surface area contributed by atoms with Gasteiger partial charge in [0.15, 0.2) is 0 Å². The van der Waals surface area contributed by atoms with Crippen molar-refractivity contribution in [1.29, 1.82) is 10.8 Å². The van der Waals surface area contributed by atoms with Crippen LogP contribution >= 0.6 is 0 Å². The number of unbranched alkanes of at least 4 members (excludes halogenated alkanes) is 3. The molecule has 0 bridgehead atoms. The molecule has 118 valence electrons. The third-order valence-corrected chi connectivity index (χ3v) is 3.37. The Morgan fingerprint density at radius 2 is 1.70 bits per heavy atom. The van der Waals surface area contributed by atoms with Gasteiger partial charge in [0, 0.05) is 18.4 Å². The summed E-state index contributed by atoms with van der Waals surface area (Å²) in [7, 11) is 0. The number of hydrogen-bond donors (Lipinski definition) is 8. The predicted molar refractivity (Wildman–Crippen MR) is 82.6 cm³/mol. The minimum absolute atomic E-state index is 0.0112. The standard InChI is InChI=1S/C12H30N8/c1-9(11(13)14)8-10(12(15)16)6-4-2-3-5-7-18-20-19-17/h9-10,18-20H,2-8,17H2,1H3,(H3,13,14)(H3,15,16). The minimum atomic E-state index is -0.0112. The van der Waals surface area contributed by atoms with Crippen molar-refractivity contribution in [1.82, 2.24) is 16.5 Å². The molecule has 2 unspecified atom stereocenters. The molecule has 2 atom stereocenters. The fourth-order valence-electron chi connectivity index (χ4n) is 2.03. The summed E-state index contributed by atoms with van der Waals surface area (Å²) in [6.45, 7) is 2.75. The number of hydrogen-bond acceptors (Lipinski definition) is 6. The summed E-state index contributed by atoms with van der Waals surface area (Å²) in [6.07, 6.45) is 5.91. The SMILES string of the molecule is CC(CC(CCCCCCNNNN)C(=N)N)C(=N)N. The molecule has 0 aromatic carbocycles. The highest BCUT2D eigenvalue weighted by Gasteiger charge is 2.17. The van der Waals surface area contributed by atoms with Gasteiger partial charge in [-0.05, 0) is 19.3 Å². The Hall–Kier alpha value is -1.22. The van der Waals surface area contributed by atoms with Crippen LogP contribution in [0.5, 0.6) is 0 Å². The highest BCUT2D eigenvalue weighted by molar-refractivity contribution is 5.82. The van der Waals surface area contributed by atoms with E-state index in [1.807, 2.05) is 6.92 Å². The van der Waals surface area contributed by atoms with Crippen molar-refractivity contribution in [2.75, 3.05) is 6.54 Å². The van der Waals surface area contributed by atoms with Crippen LogP contribution in [-0.4, -0.2) is 18.2 Å². The molecule has 0 fully saturated rings. The number of hydrazine groups is 3. The fourth-order valence-corrected chi connectivity index (χ4v) is 2.03. The van der Waals surface area contributed by atoms with Crippen molar-refractivity contribution >= 4 is 11.7 Å². The zero-order valence-electron chi connectivity index (χ0n) is 12.3. The van der Waals surface area contributed by atoms with E-state index in [2.05, 4.69) is 16.5 Å². The second kappa shape index (κ2) is 11.6. The molecule has 0 rings (SSSR count). The highest BCUT2D eigenvalue weighted by Crippen LogP contribution is 2.19. The van der Waals surface area contributed by atoms with Crippen LogP contribution in [0.1, 0.15) is 45.4 Å². The van der Waals surface area contributed by atoms with Crippen molar-refractivity contribution in [2.24, 2.45) is 29.1 Å². The number of nitrogens with two attached hydrogens (primary N) is 3. The molecule has 0 heterocycles. The third-order valence-electron chi connectivity index (χ3n) is 3.37. The molecule has 0 radical (unpaired) electrons. The molecular formula is C12H30N8. The molecule has 0 saturated heterocycles. The van der Waals surface area contributed by atoms with Crippen LogP contribution in [-0.2, 0) is 0 Å². The van der Waals surface area contributed by atoms with E-state index in [0.29, 0.717) is 6.42 Å². The molecule has 0 saturated carbocycles. The van der Waals surface area contributed by atoms with E-state index in [0.717, 1.165) is 38.6 Å². The summed E-state index contributed by atoms with van der Waals surface area (Å²) >= 11 is 0. The molecule has 8 heteroatoms. The van der Waals surface area contributed by atoms with E-state index in [1.165, 1.54) is 0 Å². The zero-order valence-corrected chi connectivity index (χ0v) is 12.3. The Bertz CT molecular complexity index is 281. The van der Waals surface area contributed by atoms with Crippen LogP contribution in [0.3, 0.4) is 0 Å². The van der Waals surface area contributed by atoms with Crippen LogP contribution < -0.4 is 33.8 Å². The molecule has 0 aliphatic carbocycles. The van der Waals surface area contributed by atoms with Crippen molar-refractivity contribution in [3.63, 3.8) is 0 Å². The Morgan fingerprint density at radius 3 is 2.25 bits per heavy atom. The maximum Gasteiger partial charge on any atom is 0.0937 e. The van der Waals surface area contributed by atoms with E-state index < -0.39 is 0 Å². The van der Waals surface area contributed by atoms with Gasteiger partial charge in [0.1, 0.15) is 0 Å². The maximum absolute atomic E-state index is 7.61. The predicted octanol–water partition coefficient (Wildman–Crippen LogP) is -0.0763. The lowest BCUT2D eigenvalue weighted by Gasteiger charge is -2.19. The fraction of sp³-hybridized carbons (Fsp3) is 0.833. The van der Waals surface area contributed by atoms with Gasteiger partial charge in [-0.1, -0.05) is 26.2 Å². The molecule has 20 heavy (non-hydrogen) atoms. The first-order valence-electron chi connectivity index (χ1n) is 7.10. The summed E-state index contributed by atoms with van der Waals surface area (Å²) in [5.74, 6) is 5.44. The molecule has 0 aromatic heterocycles. The zero-order chi connectivity index (χ0) is 15.4. The van der Waals surface area contributed by atoms with Gasteiger partial charge in [-0.25, -0.2) is 5.43 Å². The van der Waals surface area contributed by atoms with E-state index >= 15 is 0 Å². The lowest BCUT2D eigenvalue weighted by Crippen LogP contribution is -2.47. The van der Waals surface area contributed by atoms with Crippen LogP contribution in [0.15, 0.2) is 0 Å². The smallest absolute Gasteiger partial charge is 0.0937 e. The molecule has 0 aliphatic rings. The van der Waals surface area contributed by atoms with E-state index in [9.17, 15) is 0 Å². The Labute approximate surface area is 121 Å². The molecule has 0 spiro atoms. The van der Waals surface area contributed by atoms with Gasteiger partial charge in [-0.15, -0.1) is 0 Å². The maximum atomic E-state index is 7.61. The van der Waals surface area contributed by atoms with E-state index in [-0.39, 0.29) is 23.5 Å². The van der Waals surface area contributed by atoms with Crippen molar-refractivity contribution in [2.45, 2.75) is 45.4 Å².